The van der Waals surface area contributed by atoms with Crippen molar-refractivity contribution in [2.45, 2.75) is 18.4 Å². The van der Waals surface area contributed by atoms with Gasteiger partial charge in [0.15, 0.2) is 0 Å². The molecular formula is C21H19BrClN. The fourth-order valence-electron chi connectivity index (χ4n) is 2.78. The molecule has 0 fully saturated rings. The molecular weight excluding hydrogens is 382 g/mol. The molecule has 1 nitrogen and oxygen atoms in total. The standard InChI is InChI=1S/C21H19BrClN/c22-14-19-11-12-20(23)13-21(19)24(15-17-7-3-1-4-8-17)16-18-9-5-2-6-10-18/h1-13H,14-16H2. The second-order valence-electron chi connectivity index (χ2n) is 5.73. The van der Waals surface area contributed by atoms with Gasteiger partial charge in [0.2, 0.25) is 0 Å². The first-order chi connectivity index (χ1) is 11.8. The van der Waals surface area contributed by atoms with Gasteiger partial charge in [-0.15, -0.1) is 0 Å². The maximum Gasteiger partial charge on any atom is 0.0433 e. The summed E-state index contributed by atoms with van der Waals surface area (Å²) in [6.07, 6.45) is 0. The van der Waals surface area contributed by atoms with Crippen molar-refractivity contribution in [3.63, 3.8) is 0 Å². The molecule has 0 saturated heterocycles. The molecule has 0 radical (unpaired) electrons. The van der Waals surface area contributed by atoms with E-state index < -0.39 is 0 Å². The lowest BCUT2D eigenvalue weighted by Crippen LogP contribution is -2.23. The number of hydrogen-bond donors (Lipinski definition) is 0. The van der Waals surface area contributed by atoms with Gasteiger partial charge in [0.1, 0.15) is 0 Å². The third-order valence-electron chi connectivity index (χ3n) is 3.96. The number of halogens is 2. The van der Waals surface area contributed by atoms with E-state index in [0.717, 1.165) is 23.4 Å². The predicted octanol–water partition coefficient (Wildman–Crippen LogP) is 6.44. The summed E-state index contributed by atoms with van der Waals surface area (Å²) in [5.74, 6) is 0. The first-order valence-electron chi connectivity index (χ1n) is 7.93. The highest BCUT2D eigenvalue weighted by atomic mass is 79.9. The third kappa shape index (κ3) is 4.40. The molecule has 0 aliphatic rings. The molecule has 0 atom stereocenters. The van der Waals surface area contributed by atoms with Crippen LogP contribution in [0, 0.1) is 0 Å². The van der Waals surface area contributed by atoms with E-state index in [2.05, 4.69) is 81.5 Å². The number of nitrogens with zero attached hydrogens (tertiary/aromatic N) is 1. The Hall–Kier alpha value is -1.77. The van der Waals surface area contributed by atoms with Crippen LogP contribution < -0.4 is 4.90 Å². The average Bonchev–Trinajstić information content (AvgIpc) is 2.63. The number of benzene rings is 3. The van der Waals surface area contributed by atoms with E-state index in [4.69, 9.17) is 11.6 Å². The molecule has 0 spiro atoms. The molecule has 0 heterocycles. The third-order valence-corrected chi connectivity index (χ3v) is 4.80. The lowest BCUT2D eigenvalue weighted by molar-refractivity contribution is 0.796. The van der Waals surface area contributed by atoms with Crippen molar-refractivity contribution in [1.82, 2.24) is 0 Å². The van der Waals surface area contributed by atoms with Crippen LogP contribution in [0.4, 0.5) is 5.69 Å². The van der Waals surface area contributed by atoms with Crippen LogP contribution in [0.25, 0.3) is 0 Å². The minimum Gasteiger partial charge on any atom is -0.363 e. The van der Waals surface area contributed by atoms with E-state index in [1.54, 1.807) is 0 Å². The Kier molecular flexibility index (Phi) is 5.95. The van der Waals surface area contributed by atoms with Gasteiger partial charge in [0.25, 0.3) is 0 Å². The summed E-state index contributed by atoms with van der Waals surface area (Å²) < 4.78 is 0. The highest BCUT2D eigenvalue weighted by Crippen LogP contribution is 2.29. The van der Waals surface area contributed by atoms with E-state index in [9.17, 15) is 0 Å². The summed E-state index contributed by atoms with van der Waals surface area (Å²) in [5, 5.41) is 1.57. The molecule has 3 heteroatoms. The SMILES string of the molecule is Clc1ccc(CBr)c(N(Cc2ccccc2)Cc2ccccc2)c1. The molecule has 122 valence electrons. The molecule has 0 bridgehead atoms. The van der Waals surface area contributed by atoms with Crippen LogP contribution in [0.2, 0.25) is 5.02 Å². The molecule has 0 unspecified atom stereocenters. The molecule has 0 N–H and O–H groups in total. The summed E-state index contributed by atoms with van der Waals surface area (Å²) in [4.78, 5) is 2.38. The molecule has 3 aromatic carbocycles. The maximum absolute atomic E-state index is 6.28. The fourth-order valence-corrected chi connectivity index (χ4v) is 3.42. The van der Waals surface area contributed by atoms with E-state index in [-0.39, 0.29) is 0 Å². The summed E-state index contributed by atoms with van der Waals surface area (Å²) in [6.45, 7) is 1.69. The normalized spacial score (nSPS) is 10.6. The zero-order valence-corrected chi connectivity index (χ0v) is 15.7. The van der Waals surface area contributed by atoms with Gasteiger partial charge in [-0.3, -0.25) is 0 Å². The van der Waals surface area contributed by atoms with Crippen LogP contribution in [0.5, 0.6) is 0 Å². The second-order valence-corrected chi connectivity index (χ2v) is 6.73. The Morgan fingerprint density at radius 1 is 0.750 bits per heavy atom. The maximum atomic E-state index is 6.28. The van der Waals surface area contributed by atoms with Gasteiger partial charge in [-0.1, -0.05) is 94.3 Å². The molecule has 3 rings (SSSR count). The summed E-state index contributed by atoms with van der Waals surface area (Å²) in [7, 11) is 0. The quantitative estimate of drug-likeness (QED) is 0.430. The van der Waals surface area contributed by atoms with Crippen molar-refractivity contribution in [2.24, 2.45) is 0 Å². The summed E-state index contributed by atoms with van der Waals surface area (Å²) >= 11 is 9.88. The summed E-state index contributed by atoms with van der Waals surface area (Å²) in [5.41, 5.74) is 4.99. The van der Waals surface area contributed by atoms with E-state index >= 15 is 0 Å². The number of hydrogen-bond acceptors (Lipinski definition) is 1. The highest BCUT2D eigenvalue weighted by Gasteiger charge is 2.13. The minimum absolute atomic E-state index is 0.765. The minimum atomic E-state index is 0.765. The van der Waals surface area contributed by atoms with Gasteiger partial charge < -0.3 is 4.90 Å². The van der Waals surface area contributed by atoms with Crippen LogP contribution in [0.1, 0.15) is 16.7 Å². The lowest BCUT2D eigenvalue weighted by Gasteiger charge is -2.27. The first-order valence-corrected chi connectivity index (χ1v) is 9.43. The predicted molar refractivity (Wildman–Crippen MR) is 107 cm³/mol. The van der Waals surface area contributed by atoms with Crippen molar-refractivity contribution >= 4 is 33.2 Å². The van der Waals surface area contributed by atoms with E-state index in [1.807, 2.05) is 18.2 Å². The van der Waals surface area contributed by atoms with Crippen molar-refractivity contribution in [1.29, 1.82) is 0 Å². The molecule has 0 aliphatic heterocycles. The smallest absolute Gasteiger partial charge is 0.0433 e. The molecule has 0 amide bonds. The van der Waals surface area contributed by atoms with Crippen molar-refractivity contribution < 1.29 is 0 Å². The Morgan fingerprint density at radius 3 is 1.79 bits per heavy atom. The Balaban J connectivity index is 1.96. The zero-order chi connectivity index (χ0) is 16.8. The topological polar surface area (TPSA) is 3.24 Å². The Labute approximate surface area is 157 Å². The first kappa shape index (κ1) is 17.1. The van der Waals surface area contributed by atoms with Gasteiger partial charge in [-0.05, 0) is 28.8 Å². The number of alkyl halides is 1. The monoisotopic (exact) mass is 399 g/mol. The van der Waals surface area contributed by atoms with Crippen LogP contribution in [0.15, 0.2) is 78.9 Å². The van der Waals surface area contributed by atoms with Gasteiger partial charge in [-0.25, -0.2) is 0 Å². The molecule has 0 aromatic heterocycles. The van der Waals surface area contributed by atoms with Crippen molar-refractivity contribution in [3.8, 4) is 0 Å². The molecule has 0 saturated carbocycles. The average molecular weight is 401 g/mol. The molecule has 3 aromatic rings. The Morgan fingerprint density at radius 2 is 1.29 bits per heavy atom. The van der Waals surface area contributed by atoms with Gasteiger partial charge in [0, 0.05) is 29.1 Å². The summed E-state index contributed by atoms with van der Waals surface area (Å²) in [6, 6.07) is 27.2. The van der Waals surface area contributed by atoms with Gasteiger partial charge in [0.05, 0.1) is 0 Å². The van der Waals surface area contributed by atoms with E-state index in [1.165, 1.54) is 22.4 Å². The van der Waals surface area contributed by atoms with Crippen LogP contribution in [-0.2, 0) is 18.4 Å². The van der Waals surface area contributed by atoms with Crippen LogP contribution >= 0.6 is 27.5 Å². The molecule has 0 aliphatic carbocycles. The van der Waals surface area contributed by atoms with Gasteiger partial charge in [-0.2, -0.15) is 0 Å². The van der Waals surface area contributed by atoms with E-state index in [0.29, 0.717) is 0 Å². The second kappa shape index (κ2) is 8.36. The van der Waals surface area contributed by atoms with Crippen molar-refractivity contribution in [2.75, 3.05) is 4.90 Å². The lowest BCUT2D eigenvalue weighted by atomic mass is 10.1. The molecule has 24 heavy (non-hydrogen) atoms. The number of anilines is 1. The largest absolute Gasteiger partial charge is 0.363 e. The Bertz CT molecular complexity index is 733. The van der Waals surface area contributed by atoms with Gasteiger partial charge >= 0.3 is 0 Å². The van der Waals surface area contributed by atoms with Crippen LogP contribution in [0.3, 0.4) is 0 Å². The highest BCUT2D eigenvalue weighted by molar-refractivity contribution is 9.08. The van der Waals surface area contributed by atoms with Crippen LogP contribution in [-0.4, -0.2) is 0 Å². The van der Waals surface area contributed by atoms with Crippen molar-refractivity contribution in [3.05, 3.63) is 101 Å². The zero-order valence-electron chi connectivity index (χ0n) is 13.3. The number of rotatable bonds is 6. The fraction of sp³-hybridized carbons (Fsp3) is 0.143.